The number of likely N-dealkylation sites (tertiary alicyclic amines) is 1. The van der Waals surface area contributed by atoms with Gasteiger partial charge in [-0.05, 0) is 31.4 Å². The molecule has 6 nitrogen and oxygen atoms in total. The number of methoxy groups -OCH3 is 1. The van der Waals surface area contributed by atoms with Crippen LogP contribution in [0.5, 0.6) is 0 Å². The number of carbonyl (C=O) groups is 3. The third-order valence-electron chi connectivity index (χ3n) is 4.24. The maximum atomic E-state index is 12.3. The molecule has 1 aromatic rings. The molecule has 1 aliphatic rings. The van der Waals surface area contributed by atoms with E-state index in [1.54, 1.807) is 24.3 Å². The molecule has 1 heterocycles. The maximum Gasteiger partial charge on any atom is 0.339 e. The van der Waals surface area contributed by atoms with Gasteiger partial charge in [0.25, 0.3) is 0 Å². The van der Waals surface area contributed by atoms with E-state index >= 15 is 0 Å². The standard InChI is InChI=1S/C18H24N2O4/c1-14(21)20(13-10-17(22)19-11-6-3-7-12-19)16-9-5-4-8-15(16)18(23)24-2/h4-5,8-9H,3,6-7,10-13H2,1-2H3. The number of hydrogen-bond acceptors (Lipinski definition) is 4. The number of rotatable bonds is 5. The zero-order chi connectivity index (χ0) is 17.5. The van der Waals surface area contributed by atoms with Crippen molar-refractivity contribution < 1.29 is 19.1 Å². The fourth-order valence-corrected chi connectivity index (χ4v) is 2.95. The third-order valence-corrected chi connectivity index (χ3v) is 4.24. The summed E-state index contributed by atoms with van der Waals surface area (Å²) in [4.78, 5) is 39.6. The Morgan fingerprint density at radius 2 is 1.79 bits per heavy atom. The predicted octanol–water partition coefficient (Wildman–Crippen LogP) is 2.23. The Balaban J connectivity index is 2.11. The van der Waals surface area contributed by atoms with Crippen LogP contribution in [0.1, 0.15) is 43.0 Å². The summed E-state index contributed by atoms with van der Waals surface area (Å²) in [5.41, 5.74) is 0.795. The fourth-order valence-electron chi connectivity index (χ4n) is 2.95. The normalized spacial score (nSPS) is 14.2. The number of amides is 2. The van der Waals surface area contributed by atoms with Crippen LogP contribution in [-0.4, -0.2) is 49.4 Å². The molecule has 1 aliphatic heterocycles. The lowest BCUT2D eigenvalue weighted by Gasteiger charge is -2.28. The van der Waals surface area contributed by atoms with Crippen LogP contribution in [0.15, 0.2) is 24.3 Å². The summed E-state index contributed by atoms with van der Waals surface area (Å²) in [6.45, 7) is 3.26. The van der Waals surface area contributed by atoms with E-state index in [2.05, 4.69) is 0 Å². The molecule has 24 heavy (non-hydrogen) atoms. The van der Waals surface area contributed by atoms with Gasteiger partial charge in [-0.25, -0.2) is 4.79 Å². The van der Waals surface area contributed by atoms with Crippen LogP contribution in [0.2, 0.25) is 0 Å². The van der Waals surface area contributed by atoms with Gasteiger partial charge < -0.3 is 14.5 Å². The van der Waals surface area contributed by atoms with Crippen molar-refractivity contribution in [3.05, 3.63) is 29.8 Å². The molecule has 0 aromatic heterocycles. The molecular formula is C18H24N2O4. The Labute approximate surface area is 142 Å². The average molecular weight is 332 g/mol. The summed E-state index contributed by atoms with van der Waals surface area (Å²) < 4.78 is 4.78. The number of anilines is 1. The second kappa shape index (κ2) is 8.47. The second-order valence-electron chi connectivity index (χ2n) is 5.87. The van der Waals surface area contributed by atoms with Crippen molar-refractivity contribution in [1.29, 1.82) is 0 Å². The molecule has 0 bridgehead atoms. The molecule has 0 unspecified atom stereocenters. The van der Waals surface area contributed by atoms with E-state index in [9.17, 15) is 14.4 Å². The maximum absolute atomic E-state index is 12.3. The van der Waals surface area contributed by atoms with E-state index in [1.807, 2.05) is 4.90 Å². The molecule has 0 saturated carbocycles. The van der Waals surface area contributed by atoms with Crippen LogP contribution in [0.25, 0.3) is 0 Å². The molecule has 2 rings (SSSR count). The smallest absolute Gasteiger partial charge is 0.339 e. The lowest BCUT2D eigenvalue weighted by atomic mass is 10.1. The highest BCUT2D eigenvalue weighted by molar-refractivity contribution is 6.02. The van der Waals surface area contributed by atoms with E-state index in [-0.39, 0.29) is 24.8 Å². The van der Waals surface area contributed by atoms with Gasteiger partial charge in [-0.2, -0.15) is 0 Å². The SMILES string of the molecule is COC(=O)c1ccccc1N(CCC(=O)N1CCCCC1)C(C)=O. The minimum Gasteiger partial charge on any atom is -0.465 e. The molecule has 130 valence electrons. The first-order valence-electron chi connectivity index (χ1n) is 8.28. The highest BCUT2D eigenvalue weighted by Gasteiger charge is 2.22. The van der Waals surface area contributed by atoms with E-state index in [4.69, 9.17) is 4.74 Å². The third kappa shape index (κ3) is 4.34. The molecule has 1 saturated heterocycles. The van der Waals surface area contributed by atoms with Crippen LogP contribution in [0, 0.1) is 0 Å². The van der Waals surface area contributed by atoms with E-state index < -0.39 is 5.97 Å². The zero-order valence-corrected chi connectivity index (χ0v) is 14.3. The topological polar surface area (TPSA) is 66.9 Å². The molecule has 0 N–H and O–H groups in total. The Bertz CT molecular complexity index is 609. The molecule has 0 spiro atoms. The van der Waals surface area contributed by atoms with Crippen molar-refractivity contribution >= 4 is 23.5 Å². The Kier molecular flexibility index (Phi) is 6.35. The van der Waals surface area contributed by atoms with Crippen molar-refractivity contribution in [2.45, 2.75) is 32.6 Å². The number of esters is 1. The van der Waals surface area contributed by atoms with Gasteiger partial charge in [-0.1, -0.05) is 12.1 Å². The van der Waals surface area contributed by atoms with Crippen LogP contribution in [-0.2, 0) is 14.3 Å². The number of benzene rings is 1. The average Bonchev–Trinajstić information content (AvgIpc) is 2.62. The van der Waals surface area contributed by atoms with Gasteiger partial charge in [0.05, 0.1) is 18.4 Å². The molecule has 0 atom stereocenters. The quantitative estimate of drug-likeness (QED) is 0.776. The highest BCUT2D eigenvalue weighted by Crippen LogP contribution is 2.22. The van der Waals surface area contributed by atoms with Crippen molar-refractivity contribution in [3.8, 4) is 0 Å². The molecule has 0 radical (unpaired) electrons. The summed E-state index contributed by atoms with van der Waals surface area (Å²) >= 11 is 0. The Hall–Kier alpha value is -2.37. The summed E-state index contributed by atoms with van der Waals surface area (Å²) in [6.07, 6.45) is 3.48. The number of hydrogen-bond donors (Lipinski definition) is 0. The van der Waals surface area contributed by atoms with Gasteiger partial charge in [0.1, 0.15) is 0 Å². The van der Waals surface area contributed by atoms with Gasteiger partial charge in [0, 0.05) is 33.0 Å². The summed E-state index contributed by atoms with van der Waals surface area (Å²) in [5, 5.41) is 0. The van der Waals surface area contributed by atoms with Crippen molar-refractivity contribution in [2.24, 2.45) is 0 Å². The molecule has 0 aliphatic carbocycles. The molecule has 1 fully saturated rings. The van der Waals surface area contributed by atoms with Gasteiger partial charge in [0.15, 0.2) is 0 Å². The first-order chi connectivity index (χ1) is 11.5. The van der Waals surface area contributed by atoms with E-state index in [1.165, 1.54) is 18.9 Å². The van der Waals surface area contributed by atoms with Gasteiger partial charge in [-0.3, -0.25) is 9.59 Å². The van der Waals surface area contributed by atoms with Crippen LogP contribution >= 0.6 is 0 Å². The van der Waals surface area contributed by atoms with Crippen molar-refractivity contribution in [2.75, 3.05) is 31.6 Å². The van der Waals surface area contributed by atoms with Crippen LogP contribution in [0.4, 0.5) is 5.69 Å². The first-order valence-corrected chi connectivity index (χ1v) is 8.28. The first kappa shape index (κ1) is 18.0. The van der Waals surface area contributed by atoms with Crippen LogP contribution < -0.4 is 4.90 Å². The van der Waals surface area contributed by atoms with Crippen molar-refractivity contribution in [1.82, 2.24) is 4.90 Å². The number of nitrogens with zero attached hydrogens (tertiary/aromatic N) is 2. The number of carbonyl (C=O) groups excluding carboxylic acids is 3. The Morgan fingerprint density at radius 1 is 1.12 bits per heavy atom. The fraction of sp³-hybridized carbons (Fsp3) is 0.500. The zero-order valence-electron chi connectivity index (χ0n) is 14.3. The number of para-hydroxylation sites is 1. The molecule has 2 amide bonds. The number of piperidine rings is 1. The second-order valence-corrected chi connectivity index (χ2v) is 5.87. The van der Waals surface area contributed by atoms with Gasteiger partial charge in [0.2, 0.25) is 11.8 Å². The van der Waals surface area contributed by atoms with Gasteiger partial charge >= 0.3 is 5.97 Å². The lowest BCUT2D eigenvalue weighted by molar-refractivity contribution is -0.131. The minimum absolute atomic E-state index is 0.0523. The Morgan fingerprint density at radius 3 is 2.42 bits per heavy atom. The molecular weight excluding hydrogens is 308 g/mol. The lowest BCUT2D eigenvalue weighted by Crippen LogP contribution is -2.39. The van der Waals surface area contributed by atoms with Crippen LogP contribution in [0.3, 0.4) is 0 Å². The molecule has 6 heteroatoms. The van der Waals surface area contributed by atoms with Crippen molar-refractivity contribution in [3.63, 3.8) is 0 Å². The summed E-state index contributed by atoms with van der Waals surface area (Å²) in [7, 11) is 1.30. The largest absolute Gasteiger partial charge is 0.465 e. The minimum atomic E-state index is -0.501. The van der Waals surface area contributed by atoms with E-state index in [0.717, 1.165) is 32.4 Å². The number of ether oxygens (including phenoxy) is 1. The molecule has 1 aromatic carbocycles. The van der Waals surface area contributed by atoms with Gasteiger partial charge in [-0.15, -0.1) is 0 Å². The highest BCUT2D eigenvalue weighted by atomic mass is 16.5. The predicted molar refractivity (Wildman–Crippen MR) is 90.9 cm³/mol. The summed E-state index contributed by atoms with van der Waals surface area (Å²) in [5.74, 6) is -0.659. The summed E-state index contributed by atoms with van der Waals surface area (Å²) in [6, 6.07) is 6.78. The monoisotopic (exact) mass is 332 g/mol. The van der Waals surface area contributed by atoms with E-state index in [0.29, 0.717) is 11.3 Å².